The molecule has 5 nitrogen and oxygen atoms in total. The van der Waals surface area contributed by atoms with Crippen molar-refractivity contribution in [3.8, 4) is 17.2 Å². The van der Waals surface area contributed by atoms with Crippen LogP contribution in [0.4, 0.5) is 0 Å². The molecule has 0 aliphatic carbocycles. The van der Waals surface area contributed by atoms with E-state index in [9.17, 15) is 0 Å². The van der Waals surface area contributed by atoms with E-state index >= 15 is 0 Å². The lowest BCUT2D eigenvalue weighted by molar-refractivity contribution is 0.669. The zero-order chi connectivity index (χ0) is 34.4. The monoisotopic (exact) mass is 674 g/mol. The number of benzene rings is 8. The van der Waals surface area contributed by atoms with Gasteiger partial charge in [-0.05, 0) is 40.4 Å². The first-order valence-electron chi connectivity index (χ1n) is 18.0. The largest absolute Gasteiger partial charge is 0.456 e. The summed E-state index contributed by atoms with van der Waals surface area (Å²) in [6.07, 6.45) is 0. The summed E-state index contributed by atoms with van der Waals surface area (Å²) < 4.78 is 11.5. The summed E-state index contributed by atoms with van der Waals surface area (Å²) in [5.74, 6) is 0.626. The third-order valence-electron chi connectivity index (χ3n) is 11.4. The Balaban J connectivity index is 1.31. The van der Waals surface area contributed by atoms with Gasteiger partial charge >= 0.3 is 0 Å². The highest BCUT2D eigenvalue weighted by Crippen LogP contribution is 2.48. The van der Waals surface area contributed by atoms with Gasteiger partial charge in [-0.1, -0.05) is 127 Å². The maximum Gasteiger partial charge on any atom is 0.235 e. The second-order valence-electron chi connectivity index (χ2n) is 14.1. The van der Waals surface area contributed by atoms with Gasteiger partial charge in [-0.2, -0.15) is 0 Å². The highest BCUT2D eigenvalue weighted by molar-refractivity contribution is 6.36. The number of para-hydroxylation sites is 3. The van der Waals surface area contributed by atoms with E-state index in [-0.39, 0.29) is 0 Å². The molecule has 0 saturated carbocycles. The number of hydrogen-bond donors (Lipinski definition) is 0. The molecular weight excluding hydrogens is 649 g/mol. The van der Waals surface area contributed by atoms with Crippen molar-refractivity contribution in [2.45, 2.75) is 0 Å². The summed E-state index contributed by atoms with van der Waals surface area (Å²) in [4.78, 5) is 10.9. The molecule has 0 aliphatic heterocycles. The molecular formula is C48H26N4O. The molecule has 13 aromatic rings. The molecule has 0 aliphatic rings. The molecule has 0 saturated heterocycles. The first-order chi connectivity index (χ1) is 26.3. The molecule has 13 rings (SSSR count). The third-order valence-corrected chi connectivity index (χ3v) is 11.4. The van der Waals surface area contributed by atoms with Crippen LogP contribution in [-0.2, 0) is 0 Å². The summed E-state index contributed by atoms with van der Waals surface area (Å²) in [6.45, 7) is 0. The number of furan rings is 1. The predicted molar refractivity (Wildman–Crippen MR) is 219 cm³/mol. The van der Waals surface area contributed by atoms with E-state index in [0.717, 1.165) is 76.8 Å². The van der Waals surface area contributed by atoms with Crippen LogP contribution in [0, 0.1) is 0 Å². The first kappa shape index (κ1) is 27.5. The van der Waals surface area contributed by atoms with Crippen LogP contribution < -0.4 is 0 Å². The second-order valence-corrected chi connectivity index (χ2v) is 14.1. The lowest BCUT2D eigenvalue weighted by Crippen LogP contribution is -2.04. The maximum absolute atomic E-state index is 6.77. The molecule has 0 fully saturated rings. The fraction of sp³-hybridized carbons (Fsp3) is 0. The molecule has 5 aromatic heterocycles. The molecule has 244 valence electrons. The minimum atomic E-state index is 0.626. The van der Waals surface area contributed by atoms with Gasteiger partial charge in [0.15, 0.2) is 0 Å². The number of fused-ring (bicyclic) bond motifs is 12. The van der Waals surface area contributed by atoms with Gasteiger partial charge in [0.25, 0.3) is 0 Å². The van der Waals surface area contributed by atoms with Crippen molar-refractivity contribution in [1.82, 2.24) is 18.9 Å². The van der Waals surface area contributed by atoms with Crippen LogP contribution in [0.1, 0.15) is 0 Å². The maximum atomic E-state index is 6.77. The molecule has 5 heterocycles. The minimum Gasteiger partial charge on any atom is -0.456 e. The SMILES string of the molecule is c1ccc(-c2nc(-n3c4cccc5c6cccc7c8ccccc8n(c67)c6c7c(cc3c6c54)oc3ccccc37)nc3ccc4ccccc4c23)cc1. The van der Waals surface area contributed by atoms with E-state index in [1.165, 1.54) is 38.0 Å². The lowest BCUT2D eigenvalue weighted by atomic mass is 10.0. The van der Waals surface area contributed by atoms with Crippen molar-refractivity contribution >= 4 is 104 Å². The molecule has 0 amide bonds. The average Bonchev–Trinajstić information content (AvgIpc) is 3.84. The summed E-state index contributed by atoms with van der Waals surface area (Å²) >= 11 is 0. The highest BCUT2D eigenvalue weighted by Gasteiger charge is 2.27. The molecule has 8 aromatic carbocycles. The molecule has 0 bridgehead atoms. The van der Waals surface area contributed by atoms with E-state index in [1.807, 2.05) is 6.07 Å². The topological polar surface area (TPSA) is 48.3 Å². The smallest absolute Gasteiger partial charge is 0.235 e. The van der Waals surface area contributed by atoms with Crippen LogP contribution in [0.5, 0.6) is 0 Å². The van der Waals surface area contributed by atoms with Crippen molar-refractivity contribution in [2.75, 3.05) is 0 Å². The van der Waals surface area contributed by atoms with Gasteiger partial charge in [0.2, 0.25) is 5.95 Å². The van der Waals surface area contributed by atoms with Gasteiger partial charge in [0.05, 0.1) is 44.2 Å². The normalized spacial score (nSPS) is 12.5. The van der Waals surface area contributed by atoms with Gasteiger partial charge in [0, 0.05) is 49.3 Å². The van der Waals surface area contributed by atoms with Crippen LogP contribution >= 0.6 is 0 Å². The number of rotatable bonds is 2. The van der Waals surface area contributed by atoms with E-state index in [2.05, 4.69) is 161 Å². The van der Waals surface area contributed by atoms with Gasteiger partial charge in [-0.15, -0.1) is 0 Å². The number of nitrogens with zero attached hydrogens (tertiary/aromatic N) is 4. The summed E-state index contributed by atoms with van der Waals surface area (Å²) in [6, 6.07) is 56.1. The van der Waals surface area contributed by atoms with Crippen molar-refractivity contribution in [1.29, 1.82) is 0 Å². The predicted octanol–water partition coefficient (Wildman–Crippen LogP) is 12.6. The van der Waals surface area contributed by atoms with Gasteiger partial charge in [-0.25, -0.2) is 9.97 Å². The number of hydrogen-bond acceptors (Lipinski definition) is 3. The van der Waals surface area contributed by atoms with E-state index < -0.39 is 0 Å². The summed E-state index contributed by atoms with van der Waals surface area (Å²) in [5, 5.41) is 12.8. The van der Waals surface area contributed by atoms with Crippen LogP contribution in [0.25, 0.3) is 121 Å². The van der Waals surface area contributed by atoms with Crippen LogP contribution in [0.2, 0.25) is 0 Å². The van der Waals surface area contributed by atoms with Crippen molar-refractivity contribution in [2.24, 2.45) is 0 Å². The standard InChI is InChI=1S/C48H26N4O/c1-2-13-28(14-3-1)45-41-29-15-5-4-12-27(29)24-25-35(41)49-48(50-45)51-37-22-11-18-31-33-20-10-19-32-30-16-6-8-21-36(30)52(46(32)33)47-43-34-17-7-9-23-39(34)53-40(43)26-38(51)44(47)42(31)37/h1-26H. The summed E-state index contributed by atoms with van der Waals surface area (Å²) in [5.41, 5.74) is 10.1. The third kappa shape index (κ3) is 3.42. The molecule has 0 unspecified atom stereocenters. The lowest BCUT2D eigenvalue weighted by Gasteiger charge is -2.14. The first-order valence-corrected chi connectivity index (χ1v) is 18.0. The Morgan fingerprint density at radius 1 is 0.415 bits per heavy atom. The molecule has 0 spiro atoms. The molecule has 0 N–H and O–H groups in total. The van der Waals surface area contributed by atoms with Crippen molar-refractivity contribution in [3.63, 3.8) is 0 Å². The van der Waals surface area contributed by atoms with Crippen LogP contribution in [0.3, 0.4) is 0 Å². The quantitative estimate of drug-likeness (QED) is 0.172. The fourth-order valence-corrected chi connectivity index (χ4v) is 9.32. The Hall–Kier alpha value is -7.24. The Labute approximate surface area is 300 Å². The van der Waals surface area contributed by atoms with Crippen molar-refractivity contribution < 1.29 is 4.42 Å². The van der Waals surface area contributed by atoms with Gasteiger partial charge in [0.1, 0.15) is 11.2 Å². The second kappa shape index (κ2) is 9.75. The molecule has 0 atom stereocenters. The van der Waals surface area contributed by atoms with E-state index in [4.69, 9.17) is 14.4 Å². The summed E-state index contributed by atoms with van der Waals surface area (Å²) in [7, 11) is 0. The number of aromatic nitrogens is 4. The zero-order valence-electron chi connectivity index (χ0n) is 28.2. The molecule has 0 radical (unpaired) electrons. The molecule has 53 heavy (non-hydrogen) atoms. The Morgan fingerprint density at radius 3 is 2.02 bits per heavy atom. The average molecular weight is 675 g/mol. The Bertz CT molecular complexity index is 3680. The fourth-order valence-electron chi connectivity index (χ4n) is 9.32. The minimum absolute atomic E-state index is 0.626. The zero-order valence-corrected chi connectivity index (χ0v) is 28.2. The van der Waals surface area contributed by atoms with Crippen LogP contribution in [0.15, 0.2) is 162 Å². The van der Waals surface area contributed by atoms with Crippen LogP contribution in [-0.4, -0.2) is 18.9 Å². The van der Waals surface area contributed by atoms with E-state index in [1.54, 1.807) is 0 Å². The van der Waals surface area contributed by atoms with Gasteiger partial charge < -0.3 is 8.82 Å². The Kier molecular flexibility index (Phi) is 5.06. The van der Waals surface area contributed by atoms with Gasteiger partial charge in [-0.3, -0.25) is 4.57 Å². The highest BCUT2D eigenvalue weighted by atomic mass is 16.3. The van der Waals surface area contributed by atoms with Crippen molar-refractivity contribution in [3.05, 3.63) is 158 Å². The van der Waals surface area contributed by atoms with E-state index in [0.29, 0.717) is 5.95 Å². The molecule has 5 heteroatoms. The Morgan fingerprint density at radius 2 is 1.11 bits per heavy atom.